The van der Waals surface area contributed by atoms with E-state index in [-0.39, 0.29) is 0 Å². The van der Waals surface area contributed by atoms with Gasteiger partial charge in [-0.15, -0.1) is 0 Å². The van der Waals surface area contributed by atoms with E-state index in [2.05, 4.69) is 51.1 Å². The molecule has 0 heterocycles. The third-order valence-electron chi connectivity index (χ3n) is 0.585. The van der Waals surface area contributed by atoms with Crippen LogP contribution in [-0.2, 0) is 9.23 Å². The summed E-state index contributed by atoms with van der Waals surface area (Å²) in [5.41, 5.74) is 0. The van der Waals surface area contributed by atoms with Crippen LogP contribution < -0.4 is 5.32 Å². The van der Waals surface area contributed by atoms with Crippen LogP contribution in [0.4, 0.5) is 0 Å². The van der Waals surface area contributed by atoms with E-state index < -0.39 is 9.23 Å². The molecule has 0 amide bonds. The lowest BCUT2D eigenvalue weighted by atomic mass is 10.5. The first-order valence-electron chi connectivity index (χ1n) is 3.05. The molecular weight excluding hydrogens is 273 g/mol. The quantitative estimate of drug-likeness (QED) is 0.469. The second-order valence-electron chi connectivity index (χ2n) is 1.45. The van der Waals surface area contributed by atoms with Gasteiger partial charge in [-0.1, -0.05) is 0 Å². The zero-order chi connectivity index (χ0) is 11.1. The van der Waals surface area contributed by atoms with Crippen LogP contribution in [0.25, 0.3) is 0 Å². The number of rotatable bonds is 3. The maximum Gasteiger partial charge on any atom is 0.211 e. The van der Waals surface area contributed by atoms with Gasteiger partial charge in [-0.05, 0) is 44.4 Å². The van der Waals surface area contributed by atoms with Crippen LogP contribution in [0.2, 0.25) is 0 Å². The molecule has 0 fully saturated rings. The van der Waals surface area contributed by atoms with E-state index in [9.17, 15) is 0 Å². The largest absolute Gasteiger partial charge is 0.396 e. The van der Waals surface area contributed by atoms with Gasteiger partial charge in [0.05, 0.1) is 0 Å². The van der Waals surface area contributed by atoms with E-state index in [1.54, 1.807) is 0 Å². The molecule has 0 unspecified atom stereocenters. The van der Waals surface area contributed by atoms with Gasteiger partial charge in [-0.25, -0.2) is 4.21 Å². The van der Waals surface area contributed by atoms with Crippen molar-refractivity contribution in [3.8, 4) is 0 Å². The molecule has 0 rings (SSSR count). The summed E-state index contributed by atoms with van der Waals surface area (Å²) < 4.78 is 11.0. The number of aliphatic hydroxyl groups is 1. The number of thiocarbonyl (C=S) groups is 2. The average Bonchev–Trinajstić information content (AvgIpc) is 2.01. The molecule has 80 valence electrons. The van der Waals surface area contributed by atoms with Crippen LogP contribution in [0.5, 0.6) is 0 Å². The van der Waals surface area contributed by atoms with Crippen LogP contribution in [0.15, 0.2) is 0 Å². The summed E-state index contributed by atoms with van der Waals surface area (Å²) in [4.78, 5) is 0. The van der Waals surface area contributed by atoms with Gasteiger partial charge >= 0.3 is 0 Å². The highest BCUT2D eigenvalue weighted by Gasteiger charge is 1.74. The van der Waals surface area contributed by atoms with Crippen LogP contribution in [0.1, 0.15) is 6.42 Å². The van der Waals surface area contributed by atoms with Crippen molar-refractivity contribution in [1.29, 1.82) is 0 Å². The van der Waals surface area contributed by atoms with Gasteiger partial charge in [0.25, 0.3) is 0 Å². The smallest absolute Gasteiger partial charge is 0.211 e. The fourth-order valence-electron chi connectivity index (χ4n) is 0.256. The standard InChI is InChI=1S/C4H11NO.CS2.Cl2OS/c1-5-3-2-4-6;2-1-3;1-4(2)3/h5-6H,2-4H2,1H3;;. The van der Waals surface area contributed by atoms with Crippen molar-refractivity contribution in [2.24, 2.45) is 0 Å². The van der Waals surface area contributed by atoms with Crippen molar-refractivity contribution >= 4 is 59.3 Å². The number of nitrogens with one attached hydrogen (secondary N) is 1. The molecule has 3 nitrogen and oxygen atoms in total. The van der Waals surface area contributed by atoms with Crippen molar-refractivity contribution in [2.75, 3.05) is 20.2 Å². The van der Waals surface area contributed by atoms with Gasteiger partial charge in [-0.2, -0.15) is 0 Å². The minimum absolute atomic E-state index is 0.292. The Morgan fingerprint density at radius 1 is 1.54 bits per heavy atom. The maximum absolute atomic E-state index is 9.09. The molecule has 0 saturated carbocycles. The normalized spacial score (nSPS) is 7.46. The highest BCUT2D eigenvalue weighted by Crippen LogP contribution is 1.89. The van der Waals surface area contributed by atoms with Crippen LogP contribution in [-0.4, -0.2) is 33.8 Å². The minimum atomic E-state index is -1.67. The summed E-state index contributed by atoms with van der Waals surface area (Å²) in [6.07, 6.45) is 0.858. The minimum Gasteiger partial charge on any atom is -0.396 e. The second kappa shape index (κ2) is 23.0. The number of aliphatic hydroxyl groups excluding tert-OH is 1. The van der Waals surface area contributed by atoms with Gasteiger partial charge in [0.15, 0.2) is 0 Å². The highest BCUT2D eigenvalue weighted by atomic mass is 36.0. The Morgan fingerprint density at radius 2 is 1.85 bits per heavy atom. The molecule has 0 spiro atoms. The van der Waals surface area contributed by atoms with Crippen molar-refractivity contribution in [1.82, 2.24) is 5.32 Å². The van der Waals surface area contributed by atoms with Gasteiger partial charge in [0.2, 0.25) is 9.23 Å². The fraction of sp³-hybridized carbons (Fsp3) is 0.800. The van der Waals surface area contributed by atoms with Crippen molar-refractivity contribution in [3.05, 3.63) is 0 Å². The first kappa shape index (κ1) is 19.4. The molecule has 0 aromatic heterocycles. The number of halogens is 2. The SMILES string of the molecule is CNCCCO.O=S(Cl)Cl.S=C=S. The number of hydrogen-bond donors (Lipinski definition) is 2. The lowest BCUT2D eigenvalue weighted by molar-refractivity contribution is 0.287. The van der Waals surface area contributed by atoms with Crippen molar-refractivity contribution < 1.29 is 9.32 Å². The Morgan fingerprint density at radius 3 is 1.92 bits per heavy atom. The summed E-state index contributed by atoms with van der Waals surface area (Å²) in [5.74, 6) is 0. The molecule has 0 aliphatic rings. The molecule has 0 radical (unpaired) electrons. The molecule has 0 bridgehead atoms. The Bertz CT molecular complexity index is 134. The monoisotopic (exact) mass is 283 g/mol. The predicted molar refractivity (Wildman–Crippen MR) is 65.7 cm³/mol. The molecule has 2 N–H and O–H groups in total. The molecule has 0 aliphatic carbocycles. The summed E-state index contributed by atoms with van der Waals surface area (Å²) in [6.45, 7) is 1.21. The second-order valence-corrected chi connectivity index (χ2v) is 4.64. The predicted octanol–water partition coefficient (Wildman–Crippen LogP) is 1.65. The summed E-state index contributed by atoms with van der Waals surface area (Å²) >= 11 is 7.92. The van der Waals surface area contributed by atoms with Crippen molar-refractivity contribution in [2.45, 2.75) is 6.42 Å². The lowest BCUT2D eigenvalue weighted by Crippen LogP contribution is -2.08. The molecule has 0 saturated heterocycles. The third kappa shape index (κ3) is 102. The fourth-order valence-corrected chi connectivity index (χ4v) is 0.256. The van der Waals surface area contributed by atoms with Crippen LogP contribution >= 0.6 is 45.8 Å². The van der Waals surface area contributed by atoms with E-state index in [4.69, 9.17) is 9.32 Å². The van der Waals surface area contributed by atoms with E-state index in [1.807, 2.05) is 11.4 Å². The Labute approximate surface area is 100 Å². The van der Waals surface area contributed by atoms with E-state index in [0.717, 1.165) is 13.0 Å². The van der Waals surface area contributed by atoms with Crippen molar-refractivity contribution in [3.63, 3.8) is 0 Å². The molecule has 13 heavy (non-hydrogen) atoms. The summed E-state index contributed by atoms with van der Waals surface area (Å²) in [7, 11) is 9.23. The van der Waals surface area contributed by atoms with E-state index in [0.29, 0.717) is 6.61 Å². The first-order valence-corrected chi connectivity index (χ1v) is 6.67. The molecule has 0 aromatic carbocycles. The van der Waals surface area contributed by atoms with E-state index in [1.165, 1.54) is 0 Å². The Hall–Kier alpha value is 0.870. The zero-order valence-corrected chi connectivity index (χ0v) is 10.9. The Kier molecular flexibility index (Phi) is 34.5. The number of hydrogen-bond acceptors (Lipinski definition) is 5. The summed E-state index contributed by atoms with van der Waals surface area (Å²) in [6, 6.07) is 0. The zero-order valence-electron chi connectivity index (χ0n) is 6.96. The van der Waals surface area contributed by atoms with Gasteiger partial charge < -0.3 is 10.4 Å². The topological polar surface area (TPSA) is 49.3 Å². The third-order valence-corrected chi connectivity index (χ3v) is 0.585. The van der Waals surface area contributed by atoms with Gasteiger partial charge in [0, 0.05) is 32.3 Å². The first-order chi connectivity index (χ1) is 6.06. The molecule has 8 heteroatoms. The molecule has 0 aliphatic heterocycles. The maximum atomic E-state index is 9.09. The van der Waals surface area contributed by atoms with Crippen LogP contribution in [0, 0.1) is 0 Å². The van der Waals surface area contributed by atoms with Gasteiger partial charge in [0.1, 0.15) is 0 Å². The summed E-state index contributed by atoms with van der Waals surface area (Å²) in [5, 5.41) is 11.1. The molecule has 0 aromatic rings. The van der Waals surface area contributed by atoms with Crippen LogP contribution in [0.3, 0.4) is 0 Å². The highest BCUT2D eigenvalue weighted by molar-refractivity contribution is 8.26. The average molecular weight is 284 g/mol. The van der Waals surface area contributed by atoms with Gasteiger partial charge in [-0.3, -0.25) is 0 Å². The molecule has 0 atom stereocenters. The van der Waals surface area contributed by atoms with E-state index >= 15 is 0 Å². The molecular formula is C5H11Cl2NO2S3. The Balaban J connectivity index is -0.000000125. The lowest BCUT2D eigenvalue weighted by Gasteiger charge is -1.89.